The van der Waals surface area contributed by atoms with Crippen molar-refractivity contribution in [1.82, 2.24) is 15.0 Å². The van der Waals surface area contributed by atoms with Gasteiger partial charge in [0.15, 0.2) is 0 Å². The maximum absolute atomic E-state index is 3.78. The summed E-state index contributed by atoms with van der Waals surface area (Å²) in [5, 5.41) is 0. The van der Waals surface area contributed by atoms with E-state index in [2.05, 4.69) is 15.0 Å². The number of hydrogen-bond donors (Lipinski definition) is 0. The van der Waals surface area contributed by atoms with Crippen LogP contribution in [0.2, 0.25) is 0 Å². The van der Waals surface area contributed by atoms with Gasteiger partial charge >= 0.3 is 0 Å². The molecule has 0 amide bonds. The van der Waals surface area contributed by atoms with Crippen LogP contribution < -0.4 is 0 Å². The van der Waals surface area contributed by atoms with Gasteiger partial charge in [-0.2, -0.15) is 0 Å². The maximum Gasteiger partial charge on any atom is 0.0267 e. The molecule has 3 aromatic heterocycles. The molecular weight excluding hydrogens is 281 g/mol. The molecule has 0 spiro atoms. The normalized spacial score (nSPS) is 7.58. The summed E-state index contributed by atoms with van der Waals surface area (Å²) in [5.41, 5.74) is 0. The van der Waals surface area contributed by atoms with Crippen LogP contribution in [0.4, 0.5) is 0 Å². The molecule has 0 N–H and O–H groups in total. The van der Waals surface area contributed by atoms with Gasteiger partial charge in [-0.3, -0.25) is 15.0 Å². The van der Waals surface area contributed by atoms with E-state index in [-0.39, 0.29) is 16.8 Å². The van der Waals surface area contributed by atoms with Gasteiger partial charge in [-0.15, -0.1) is 0 Å². The second kappa shape index (κ2) is 14.0. The fraction of sp³-hybridized carbons (Fsp3) is 0. The first kappa shape index (κ1) is 17.0. The second-order valence-corrected chi connectivity index (χ2v) is 3.07. The smallest absolute Gasteiger partial charge is 0.0267 e. The molecule has 4 heteroatoms. The molecule has 0 bridgehead atoms. The van der Waals surface area contributed by atoms with Gasteiger partial charge in [0.25, 0.3) is 0 Å². The summed E-state index contributed by atoms with van der Waals surface area (Å²) in [5.74, 6) is 0. The Labute approximate surface area is 124 Å². The third-order valence-corrected chi connectivity index (χ3v) is 1.70. The topological polar surface area (TPSA) is 38.7 Å². The van der Waals surface area contributed by atoms with Crippen molar-refractivity contribution in [3.63, 3.8) is 0 Å². The van der Waals surface area contributed by atoms with E-state index in [4.69, 9.17) is 0 Å². The van der Waals surface area contributed by atoms with Crippen molar-refractivity contribution < 1.29 is 16.8 Å². The monoisotopic (exact) mass is 296 g/mol. The van der Waals surface area contributed by atoms with Crippen molar-refractivity contribution in [2.45, 2.75) is 0 Å². The van der Waals surface area contributed by atoms with Crippen LogP contribution in [0.3, 0.4) is 0 Å². The molecule has 0 atom stereocenters. The van der Waals surface area contributed by atoms with Crippen LogP contribution in [0.5, 0.6) is 0 Å². The van der Waals surface area contributed by atoms with Crippen molar-refractivity contribution in [3.8, 4) is 0 Å². The fourth-order valence-electron chi connectivity index (χ4n) is 0.938. The zero-order valence-corrected chi connectivity index (χ0v) is 11.4. The minimum atomic E-state index is 0. The molecule has 3 aromatic rings. The molecule has 99 valence electrons. The van der Waals surface area contributed by atoms with E-state index in [1.165, 1.54) is 0 Å². The van der Waals surface area contributed by atoms with Crippen molar-refractivity contribution in [1.29, 1.82) is 0 Å². The third-order valence-electron chi connectivity index (χ3n) is 1.70. The summed E-state index contributed by atoms with van der Waals surface area (Å²) in [6, 6.07) is 17.1. The first-order chi connectivity index (χ1) is 9.00. The van der Waals surface area contributed by atoms with Crippen LogP contribution in [0.15, 0.2) is 91.8 Å². The molecule has 0 aliphatic carbocycles. The Morgan fingerprint density at radius 3 is 0.579 bits per heavy atom. The van der Waals surface area contributed by atoms with Crippen LogP contribution in [0.1, 0.15) is 0 Å². The van der Waals surface area contributed by atoms with E-state index in [1.54, 1.807) is 37.2 Å². The van der Waals surface area contributed by atoms with E-state index in [1.807, 2.05) is 54.6 Å². The summed E-state index contributed by atoms with van der Waals surface area (Å²) in [6.45, 7) is 0. The van der Waals surface area contributed by atoms with Gasteiger partial charge in [-0.25, -0.2) is 0 Å². The minimum Gasteiger partial charge on any atom is -0.265 e. The summed E-state index contributed by atoms with van der Waals surface area (Å²) >= 11 is 0. The molecule has 3 heterocycles. The summed E-state index contributed by atoms with van der Waals surface area (Å²) in [4.78, 5) is 11.4. The zero-order valence-electron chi connectivity index (χ0n) is 10.3. The van der Waals surface area contributed by atoms with Gasteiger partial charge in [0.05, 0.1) is 0 Å². The van der Waals surface area contributed by atoms with Gasteiger partial charge in [0.2, 0.25) is 0 Å². The Balaban J connectivity index is 0.000000249. The number of pyridine rings is 3. The van der Waals surface area contributed by atoms with Crippen molar-refractivity contribution in [3.05, 3.63) is 91.8 Å². The molecule has 1 radical (unpaired) electrons. The molecule has 3 rings (SSSR count). The number of nitrogens with zero attached hydrogens (tertiary/aromatic N) is 3. The summed E-state index contributed by atoms with van der Waals surface area (Å²) < 4.78 is 0. The maximum atomic E-state index is 3.78. The van der Waals surface area contributed by atoms with Crippen LogP contribution in [0.25, 0.3) is 0 Å². The Morgan fingerprint density at radius 2 is 0.526 bits per heavy atom. The Morgan fingerprint density at radius 1 is 0.316 bits per heavy atom. The molecule has 0 aliphatic heterocycles. The number of hydrogen-bond acceptors (Lipinski definition) is 3. The van der Waals surface area contributed by atoms with Crippen LogP contribution in [0, 0.1) is 0 Å². The van der Waals surface area contributed by atoms with Crippen LogP contribution >= 0.6 is 0 Å². The first-order valence-electron chi connectivity index (χ1n) is 5.55. The molecule has 3 nitrogen and oxygen atoms in total. The Bertz CT molecular complexity index is 308. The average molecular weight is 296 g/mol. The summed E-state index contributed by atoms with van der Waals surface area (Å²) in [7, 11) is 0. The Hall–Kier alpha value is -2.04. The second-order valence-electron chi connectivity index (χ2n) is 3.07. The average Bonchev–Trinajstić information content (AvgIpc) is 2.54. The fourth-order valence-corrected chi connectivity index (χ4v) is 0.938. The van der Waals surface area contributed by atoms with Crippen molar-refractivity contribution >= 4 is 0 Å². The first-order valence-corrected chi connectivity index (χ1v) is 5.55. The van der Waals surface area contributed by atoms with E-state index < -0.39 is 0 Å². The standard InChI is InChI=1S/3C5H5N.Co/c3*1-2-4-6-5-3-1;/h3*1-5H;. The predicted octanol–water partition coefficient (Wildman–Crippen LogP) is 3.24. The zero-order chi connectivity index (χ0) is 12.7. The molecule has 0 aliphatic rings. The molecule has 0 saturated carbocycles. The molecule has 0 aromatic carbocycles. The quantitative estimate of drug-likeness (QED) is 0.639. The van der Waals surface area contributed by atoms with Crippen LogP contribution in [-0.2, 0) is 16.8 Å². The van der Waals surface area contributed by atoms with Crippen molar-refractivity contribution in [2.75, 3.05) is 0 Å². The van der Waals surface area contributed by atoms with Gasteiger partial charge < -0.3 is 0 Å². The largest absolute Gasteiger partial charge is 0.265 e. The summed E-state index contributed by atoms with van der Waals surface area (Å²) in [6.07, 6.45) is 10.5. The van der Waals surface area contributed by atoms with E-state index in [0.717, 1.165) is 0 Å². The Kier molecular flexibility index (Phi) is 12.5. The van der Waals surface area contributed by atoms with Gasteiger partial charge in [0, 0.05) is 54.0 Å². The number of aromatic nitrogens is 3. The van der Waals surface area contributed by atoms with Gasteiger partial charge in [-0.1, -0.05) is 18.2 Å². The van der Waals surface area contributed by atoms with Gasteiger partial charge in [-0.05, 0) is 36.4 Å². The minimum absolute atomic E-state index is 0. The van der Waals surface area contributed by atoms with E-state index in [0.29, 0.717) is 0 Å². The van der Waals surface area contributed by atoms with E-state index in [9.17, 15) is 0 Å². The molecular formula is C15H15CoN3. The number of rotatable bonds is 0. The SMILES string of the molecule is [Co].c1ccncc1.c1ccncc1.c1ccncc1. The molecule has 0 unspecified atom stereocenters. The van der Waals surface area contributed by atoms with E-state index >= 15 is 0 Å². The van der Waals surface area contributed by atoms with Crippen molar-refractivity contribution in [2.24, 2.45) is 0 Å². The molecule has 0 saturated heterocycles. The molecule has 19 heavy (non-hydrogen) atoms. The predicted molar refractivity (Wildman–Crippen MR) is 72.7 cm³/mol. The van der Waals surface area contributed by atoms with Crippen LogP contribution in [-0.4, -0.2) is 15.0 Å². The molecule has 0 fully saturated rings. The third kappa shape index (κ3) is 12.2. The van der Waals surface area contributed by atoms with Gasteiger partial charge in [0.1, 0.15) is 0 Å².